The number of para-hydroxylation sites is 2. The van der Waals surface area contributed by atoms with Gasteiger partial charge in [-0.05, 0) is 168 Å². The van der Waals surface area contributed by atoms with Crippen molar-refractivity contribution in [3.05, 3.63) is 322 Å². The van der Waals surface area contributed by atoms with Crippen molar-refractivity contribution in [1.82, 2.24) is 24.9 Å². The normalized spacial score (nSPS) is 12.5. The number of rotatable bonds is 13. The van der Waals surface area contributed by atoms with E-state index >= 15 is 0 Å². The van der Waals surface area contributed by atoms with E-state index in [-0.39, 0.29) is 0 Å². The summed E-state index contributed by atoms with van der Waals surface area (Å²) in [6, 6.07) is 104. The van der Waals surface area contributed by atoms with Crippen LogP contribution in [0.4, 0.5) is 46.0 Å². The maximum absolute atomic E-state index is 4.87. The Morgan fingerprint density at radius 1 is 0.189 bits per heavy atom. The lowest BCUT2D eigenvalue weighted by Gasteiger charge is -2.21. The van der Waals surface area contributed by atoms with E-state index in [9.17, 15) is 0 Å². The van der Waals surface area contributed by atoms with Gasteiger partial charge in [0.1, 0.15) is 13.3 Å². The van der Waals surface area contributed by atoms with Gasteiger partial charge in [0, 0.05) is 59.3 Å². The molecule has 2 aliphatic heterocycles. The molecule has 0 aliphatic carbocycles. The molecule has 2 aliphatic rings. The lowest BCUT2D eigenvalue weighted by molar-refractivity contribution is 0.976. The first-order chi connectivity index (χ1) is 44.6. The Hall–Kier alpha value is -12.1. The zero-order valence-electron chi connectivity index (χ0n) is 49.0. The first-order valence-electron chi connectivity index (χ1n) is 30.3. The van der Waals surface area contributed by atoms with Crippen LogP contribution in [0.15, 0.2) is 322 Å². The Balaban J connectivity index is 0.763. The number of hydrogen-bond acceptors (Lipinski definition) is 9. The molecule has 0 saturated carbocycles. The molecule has 0 radical (unpaired) electrons. The highest BCUT2D eigenvalue weighted by Gasteiger charge is 2.32. The molecule has 0 spiro atoms. The second kappa shape index (κ2) is 23.3. The van der Waals surface area contributed by atoms with E-state index in [4.69, 9.17) is 24.9 Å². The smallest absolute Gasteiger partial charge is 0.178 e. The van der Waals surface area contributed by atoms with Gasteiger partial charge >= 0.3 is 0 Å². The Bertz CT molecular complexity index is 4690. The van der Waals surface area contributed by atoms with Gasteiger partial charge in [0.05, 0.1) is 5.69 Å². The predicted molar refractivity (Wildman–Crippen MR) is 368 cm³/mol. The van der Waals surface area contributed by atoms with E-state index in [0.717, 1.165) is 135 Å². The minimum absolute atomic E-state index is 0.596. The van der Waals surface area contributed by atoms with Gasteiger partial charge in [0.15, 0.2) is 23.3 Å². The molecule has 0 amide bonds. The van der Waals surface area contributed by atoms with Gasteiger partial charge in [-0.2, -0.15) is 0 Å². The molecule has 90 heavy (non-hydrogen) atoms. The molecule has 16 rings (SSSR count). The first kappa shape index (κ1) is 53.4. The molecule has 11 aromatic carbocycles. The second-order valence-electron chi connectivity index (χ2n) is 22.6. The van der Waals surface area contributed by atoms with Crippen molar-refractivity contribution >= 4 is 46.0 Å². The van der Waals surface area contributed by atoms with Crippen LogP contribution in [0.2, 0.25) is 0 Å². The molecule has 5 heterocycles. The summed E-state index contributed by atoms with van der Waals surface area (Å²) < 4.78 is 0. The Morgan fingerprint density at radius 2 is 0.467 bits per heavy atom. The van der Waals surface area contributed by atoms with Crippen molar-refractivity contribution in [3.8, 4) is 100 Å². The van der Waals surface area contributed by atoms with Crippen LogP contribution in [0.5, 0.6) is 0 Å². The van der Waals surface area contributed by atoms with Crippen LogP contribution in [0.25, 0.3) is 100 Å². The van der Waals surface area contributed by atoms with E-state index in [2.05, 4.69) is 299 Å². The average molecular weight is 1160 g/mol. The molecule has 0 saturated heterocycles. The summed E-state index contributed by atoms with van der Waals surface area (Å²) in [5.74, 6) is 3.34. The zero-order chi connectivity index (χ0) is 59.7. The molecular formula is C81H57N9. The molecule has 0 N–H and O–H groups in total. The van der Waals surface area contributed by atoms with Crippen LogP contribution in [-0.2, 0) is 0 Å². The fraction of sp³-hybridized carbons (Fsp3) is 0.0247. The fourth-order valence-corrected chi connectivity index (χ4v) is 12.8. The molecule has 14 aromatic rings. The van der Waals surface area contributed by atoms with E-state index in [1.165, 1.54) is 11.1 Å². The van der Waals surface area contributed by atoms with Gasteiger partial charge in [-0.15, -0.1) is 0 Å². The van der Waals surface area contributed by atoms with Crippen molar-refractivity contribution in [3.63, 3.8) is 0 Å². The lowest BCUT2D eigenvalue weighted by atomic mass is 9.86. The monoisotopic (exact) mass is 1160 g/mol. The lowest BCUT2D eigenvalue weighted by Crippen LogP contribution is -2.24. The van der Waals surface area contributed by atoms with Gasteiger partial charge in [-0.1, -0.05) is 212 Å². The van der Waals surface area contributed by atoms with Crippen LogP contribution in [0.1, 0.15) is 0 Å². The minimum atomic E-state index is 0.596. The molecule has 9 nitrogen and oxygen atoms in total. The maximum atomic E-state index is 4.87. The highest BCUT2D eigenvalue weighted by molar-refractivity contribution is 5.95. The largest absolute Gasteiger partial charge is 0.305 e. The third kappa shape index (κ3) is 10.2. The molecule has 0 bridgehead atoms. The summed E-state index contributed by atoms with van der Waals surface area (Å²) in [6.07, 6.45) is 8.98. The van der Waals surface area contributed by atoms with E-state index < -0.39 is 0 Å². The number of fused-ring (bicyclic) bond motifs is 2. The van der Waals surface area contributed by atoms with Crippen LogP contribution in [-0.4, -0.2) is 38.3 Å². The summed E-state index contributed by atoms with van der Waals surface area (Å²) in [6.45, 7) is 1.19. The van der Waals surface area contributed by atoms with Crippen LogP contribution in [0.3, 0.4) is 0 Å². The number of anilines is 8. The maximum Gasteiger partial charge on any atom is 0.178 e. The van der Waals surface area contributed by atoms with Crippen molar-refractivity contribution in [2.24, 2.45) is 0 Å². The third-order valence-corrected chi connectivity index (χ3v) is 17.2. The van der Waals surface area contributed by atoms with Gasteiger partial charge < -0.3 is 19.6 Å². The van der Waals surface area contributed by atoms with Crippen LogP contribution in [0, 0.1) is 0 Å². The Kier molecular flexibility index (Phi) is 13.8. The molecular weight excluding hydrogens is 1100 g/mol. The molecule has 0 unspecified atom stereocenters. The summed E-state index contributed by atoms with van der Waals surface area (Å²) in [4.78, 5) is 33.0. The van der Waals surface area contributed by atoms with Crippen molar-refractivity contribution in [1.29, 1.82) is 0 Å². The molecule has 3 aromatic heterocycles. The van der Waals surface area contributed by atoms with Crippen LogP contribution < -0.4 is 19.6 Å². The molecule has 0 fully saturated rings. The summed E-state index contributed by atoms with van der Waals surface area (Å²) in [7, 11) is 0. The highest BCUT2D eigenvalue weighted by Crippen LogP contribution is 2.46. The quantitative estimate of drug-likeness (QED) is 0.112. The topological polar surface area (TPSA) is 77.4 Å². The van der Waals surface area contributed by atoms with Crippen molar-refractivity contribution in [2.45, 2.75) is 0 Å². The SMILES string of the molecule is c1ccc(-c2ccc(-c3ccnc(-c4ccc(-c5ccccc5-c5cc(-c6ccccc6-c6ccc(N7CN(c8ccccc8)c8nccnc87)cc6)cc(-c6ccccc6-c6ccc(N7CN(c8ccccc8)c8nccnc87)cc6)c5)cc4)c3)cc2)cc1. The minimum Gasteiger partial charge on any atom is -0.305 e. The fourth-order valence-electron chi connectivity index (χ4n) is 12.8. The first-order valence-corrected chi connectivity index (χ1v) is 30.3. The molecule has 0 atom stereocenters. The number of nitrogens with zero attached hydrogens (tertiary/aromatic N) is 9. The van der Waals surface area contributed by atoms with E-state index in [0.29, 0.717) is 13.3 Å². The highest BCUT2D eigenvalue weighted by atomic mass is 15.4. The Morgan fingerprint density at radius 3 is 0.844 bits per heavy atom. The summed E-state index contributed by atoms with van der Waals surface area (Å²) in [5.41, 5.74) is 24.3. The van der Waals surface area contributed by atoms with Crippen LogP contribution >= 0.6 is 0 Å². The predicted octanol–water partition coefficient (Wildman–Crippen LogP) is 20.2. The third-order valence-electron chi connectivity index (χ3n) is 17.2. The molecule has 426 valence electrons. The van der Waals surface area contributed by atoms with Crippen molar-refractivity contribution in [2.75, 3.05) is 32.9 Å². The van der Waals surface area contributed by atoms with E-state index in [1.807, 2.05) is 18.3 Å². The standard InChI is InChI=1S/C81H57N9/c1-4-16-56(17-5-1)57-28-30-58(31-29-57)63-44-45-82-77(53-63)62-34-32-59(33-35-62)71-22-10-13-25-74(71)64-50-65(75-26-14-11-23-72(75)60-36-40-69(41-37-60)89-54-87(67-18-6-2-7-19-67)78-80(89)85-48-46-83-78)52-66(51-64)76-27-15-12-24-73(76)61-38-42-70(43-39-61)90-55-88(68-20-8-3-9-21-68)79-81(90)86-49-47-84-79/h1-53H,54-55H2. The number of aromatic nitrogens is 5. The number of benzene rings is 11. The second-order valence-corrected chi connectivity index (χ2v) is 22.6. The average Bonchev–Trinajstić information content (AvgIpc) is 1.57. The van der Waals surface area contributed by atoms with Gasteiger partial charge in [-0.3, -0.25) is 4.98 Å². The zero-order valence-corrected chi connectivity index (χ0v) is 49.0. The summed E-state index contributed by atoms with van der Waals surface area (Å²) in [5, 5.41) is 0. The van der Waals surface area contributed by atoms with E-state index in [1.54, 1.807) is 24.8 Å². The van der Waals surface area contributed by atoms with Gasteiger partial charge in [0.2, 0.25) is 0 Å². The summed E-state index contributed by atoms with van der Waals surface area (Å²) >= 11 is 0. The number of hydrogen-bond donors (Lipinski definition) is 0. The van der Waals surface area contributed by atoms with Gasteiger partial charge in [-0.25, -0.2) is 19.9 Å². The Labute approximate surface area is 523 Å². The molecule has 9 heteroatoms. The van der Waals surface area contributed by atoms with Crippen molar-refractivity contribution < 1.29 is 0 Å². The number of pyridine rings is 1. The van der Waals surface area contributed by atoms with Gasteiger partial charge in [0.25, 0.3) is 0 Å².